The van der Waals surface area contributed by atoms with Gasteiger partial charge < -0.3 is 58.0 Å². The fourth-order valence-electron chi connectivity index (χ4n) is 10.1. The van der Waals surface area contributed by atoms with Crippen molar-refractivity contribution in [2.24, 2.45) is 55.3 Å². The lowest BCUT2D eigenvalue weighted by atomic mass is 9.97. The Morgan fingerprint density at radius 3 is 1.59 bits per heavy atom. The molecule has 1 aromatic carbocycles. The van der Waals surface area contributed by atoms with Crippen LogP contribution in [0.25, 0.3) is 22.6 Å². The van der Waals surface area contributed by atoms with Crippen LogP contribution in [-0.2, 0) is 79.8 Å². The summed E-state index contributed by atoms with van der Waals surface area (Å²) in [6.07, 6.45) is 14.5. The first-order chi connectivity index (χ1) is 38.5. The predicted octanol–water partition coefficient (Wildman–Crippen LogP) is 6.64. The number of amides is 3. The molecule has 0 aliphatic carbocycles. The van der Waals surface area contributed by atoms with Gasteiger partial charge in [0, 0.05) is 143 Å². The molecule has 0 fully saturated rings. The first-order valence-electron chi connectivity index (χ1n) is 26.2. The van der Waals surface area contributed by atoms with Gasteiger partial charge in [-0.15, -0.1) is 0 Å². The van der Waals surface area contributed by atoms with E-state index in [1.54, 1.807) is 175 Å². The first-order valence-corrected chi connectivity index (χ1v) is 26.2. The van der Waals surface area contributed by atoms with Crippen LogP contribution in [-0.4, -0.2) is 105 Å². The van der Waals surface area contributed by atoms with Gasteiger partial charge in [0.05, 0.1) is 50.9 Å². The van der Waals surface area contributed by atoms with Gasteiger partial charge in [0.15, 0.2) is 40.5 Å². The lowest BCUT2D eigenvalue weighted by Crippen LogP contribution is -2.28. The standard InChI is InChI=1S/C59H63N13O9/c1-10-48(73)42-17-35(28-67(42)4)22-50(75)44-19-37(30-69(44)6)24-52(77)45-20-36(29-70(45)7)23-51(76)43-18-34(27-68(43)5)21-49(74)33(2)13-14-61-58(80)47-26-39(32-72(47)9)62-57(79)40-11-12-41-53(54(40)78)65-55(64-41)46-25-38(31-71(46)8)63-59(81)56-60-15-16-66(56)3/h11-12,15-20,25-33,78H,10,13-14,21-24H2,1-9H3,(H,61,80)(H,62,79)(H,63,81)(H,64,65)/t33-/m1/s1. The third-order valence-electron chi connectivity index (χ3n) is 14.5. The molecule has 81 heavy (non-hydrogen) atoms. The maximum atomic E-state index is 13.6. The molecule has 0 saturated heterocycles. The second-order valence-corrected chi connectivity index (χ2v) is 20.7. The van der Waals surface area contributed by atoms with Gasteiger partial charge in [0.25, 0.3) is 17.7 Å². The van der Waals surface area contributed by atoms with Gasteiger partial charge in [-0.25, -0.2) is 9.97 Å². The number of nitrogens with one attached hydrogen (secondary N) is 4. The minimum Gasteiger partial charge on any atom is -0.505 e. The minimum absolute atomic E-state index is 0.00124. The number of aromatic nitrogens is 10. The van der Waals surface area contributed by atoms with Crippen molar-refractivity contribution >= 4 is 69.0 Å². The van der Waals surface area contributed by atoms with Gasteiger partial charge >= 0.3 is 0 Å². The summed E-state index contributed by atoms with van der Waals surface area (Å²) in [5.41, 5.74) is 6.78. The third-order valence-corrected chi connectivity index (χ3v) is 14.5. The largest absolute Gasteiger partial charge is 0.505 e. The molecule has 8 aromatic heterocycles. The molecule has 0 aliphatic rings. The molecule has 418 valence electrons. The van der Waals surface area contributed by atoms with Gasteiger partial charge in [-0.3, -0.25) is 38.4 Å². The van der Waals surface area contributed by atoms with Crippen molar-refractivity contribution in [3.05, 3.63) is 160 Å². The zero-order valence-corrected chi connectivity index (χ0v) is 46.5. The van der Waals surface area contributed by atoms with Crippen LogP contribution in [0.3, 0.4) is 0 Å². The monoisotopic (exact) mass is 1100 g/mol. The molecule has 22 nitrogen and oxygen atoms in total. The summed E-state index contributed by atoms with van der Waals surface area (Å²) in [4.78, 5) is 118. The van der Waals surface area contributed by atoms with E-state index in [2.05, 4.69) is 30.9 Å². The second-order valence-electron chi connectivity index (χ2n) is 20.7. The summed E-state index contributed by atoms with van der Waals surface area (Å²) in [5, 5.41) is 19.7. The van der Waals surface area contributed by atoms with E-state index in [0.717, 1.165) is 5.56 Å². The number of anilines is 2. The molecular weight excluding hydrogens is 1030 g/mol. The molecule has 22 heteroatoms. The first kappa shape index (κ1) is 55.9. The number of Topliss-reactive ketones (excluding diaryl/α,β-unsaturated/α-hetero) is 5. The highest BCUT2D eigenvalue weighted by atomic mass is 16.3. The Bertz CT molecular complexity index is 3990. The van der Waals surface area contributed by atoms with E-state index in [1.807, 2.05) is 0 Å². The van der Waals surface area contributed by atoms with Gasteiger partial charge in [0.2, 0.25) is 0 Å². The normalized spacial score (nSPS) is 11.8. The molecule has 9 rings (SSSR count). The Morgan fingerprint density at radius 2 is 1.06 bits per heavy atom. The molecule has 0 saturated carbocycles. The number of rotatable bonds is 23. The number of aromatic amines is 1. The Morgan fingerprint density at radius 1 is 0.568 bits per heavy atom. The molecule has 0 aliphatic heterocycles. The smallest absolute Gasteiger partial charge is 0.291 e. The Hall–Kier alpha value is -9.86. The fourth-order valence-corrected chi connectivity index (χ4v) is 10.1. The van der Waals surface area contributed by atoms with Crippen LogP contribution in [0, 0.1) is 5.92 Å². The molecular formula is C59H63N13O9. The summed E-state index contributed by atoms with van der Waals surface area (Å²) < 4.78 is 11.7. The van der Waals surface area contributed by atoms with E-state index in [-0.39, 0.29) is 95.4 Å². The average molecular weight is 1100 g/mol. The van der Waals surface area contributed by atoms with Crippen molar-refractivity contribution in [3.8, 4) is 17.3 Å². The van der Waals surface area contributed by atoms with E-state index < -0.39 is 17.7 Å². The number of nitrogens with zero attached hydrogens (tertiary/aromatic N) is 9. The summed E-state index contributed by atoms with van der Waals surface area (Å²) in [6.45, 7) is 3.76. The number of ketones is 5. The maximum absolute atomic E-state index is 13.6. The second kappa shape index (κ2) is 22.8. The van der Waals surface area contributed by atoms with Crippen molar-refractivity contribution in [2.45, 2.75) is 52.4 Å². The maximum Gasteiger partial charge on any atom is 0.291 e. The lowest BCUT2D eigenvalue weighted by molar-refractivity contribution is -0.121. The van der Waals surface area contributed by atoms with E-state index in [4.69, 9.17) is 0 Å². The summed E-state index contributed by atoms with van der Waals surface area (Å²) >= 11 is 0. The molecule has 0 unspecified atom stereocenters. The van der Waals surface area contributed by atoms with Crippen molar-refractivity contribution in [1.82, 2.24) is 52.2 Å². The van der Waals surface area contributed by atoms with Gasteiger partial charge in [-0.2, -0.15) is 0 Å². The number of fused-ring (bicyclic) bond motifs is 1. The van der Waals surface area contributed by atoms with Crippen LogP contribution >= 0.6 is 0 Å². The van der Waals surface area contributed by atoms with Gasteiger partial charge in [0.1, 0.15) is 17.0 Å². The van der Waals surface area contributed by atoms with E-state index in [1.165, 1.54) is 18.3 Å². The number of carbonyl (C=O) groups is 8. The molecule has 0 radical (unpaired) electrons. The third kappa shape index (κ3) is 11.9. The van der Waals surface area contributed by atoms with Crippen LogP contribution in [0.15, 0.2) is 98.1 Å². The van der Waals surface area contributed by atoms with Crippen LogP contribution in [0.5, 0.6) is 5.75 Å². The number of carbonyl (C=O) groups excluding carboxylic acids is 8. The van der Waals surface area contributed by atoms with Crippen molar-refractivity contribution in [1.29, 1.82) is 0 Å². The predicted molar refractivity (Wildman–Crippen MR) is 302 cm³/mol. The minimum atomic E-state index is -0.634. The van der Waals surface area contributed by atoms with E-state index in [0.29, 0.717) is 80.7 Å². The molecule has 8 heterocycles. The van der Waals surface area contributed by atoms with Crippen LogP contribution in [0.4, 0.5) is 11.4 Å². The molecule has 0 bridgehead atoms. The van der Waals surface area contributed by atoms with Crippen molar-refractivity contribution in [3.63, 3.8) is 0 Å². The van der Waals surface area contributed by atoms with Crippen LogP contribution in [0.1, 0.15) is 122 Å². The topological polar surface area (TPSA) is 269 Å². The summed E-state index contributed by atoms with van der Waals surface area (Å²) in [5.74, 6) is -2.17. The number of benzene rings is 1. The Kier molecular flexibility index (Phi) is 15.8. The van der Waals surface area contributed by atoms with Gasteiger partial charge in [-0.1, -0.05) is 13.8 Å². The van der Waals surface area contributed by atoms with E-state index in [9.17, 15) is 43.5 Å². The number of H-pyrrole nitrogens is 1. The highest BCUT2D eigenvalue weighted by Gasteiger charge is 2.25. The summed E-state index contributed by atoms with van der Waals surface area (Å²) in [7, 11) is 12.2. The molecule has 5 N–H and O–H groups in total. The van der Waals surface area contributed by atoms with Gasteiger partial charge in [-0.05, 0) is 77.2 Å². The van der Waals surface area contributed by atoms with Crippen molar-refractivity contribution in [2.75, 3.05) is 17.2 Å². The zero-order chi connectivity index (χ0) is 58.1. The molecule has 1 atom stereocenters. The van der Waals surface area contributed by atoms with Crippen molar-refractivity contribution < 1.29 is 43.5 Å². The number of imidazole rings is 2. The SMILES string of the molecule is CCC(=O)c1cc(CC(=O)c2cc(CC(=O)c3cc(CC(=O)c4cc(CC(=O)[C@H](C)CCNC(=O)c5cc(NC(=O)c6ccc7[nH]c(-c8cc(NC(=O)c9nccn9C)cn8C)nc7c6O)cn5C)cn4C)cn3C)cn2C)cn1C. The molecule has 3 amide bonds. The lowest BCUT2D eigenvalue weighted by Gasteiger charge is -2.11. The van der Waals surface area contributed by atoms with E-state index >= 15 is 0 Å². The molecule has 9 aromatic rings. The number of aryl methyl sites for hydroxylation is 7. The Balaban J connectivity index is 0.736. The highest BCUT2D eigenvalue weighted by molar-refractivity contribution is 6.10. The van der Waals surface area contributed by atoms with Crippen LogP contribution in [0.2, 0.25) is 0 Å². The Labute approximate surface area is 465 Å². The average Bonchev–Trinajstić information content (AvgIpc) is 4.52. The molecule has 0 spiro atoms. The number of hydrogen-bond donors (Lipinski definition) is 5. The fraction of sp³-hybridized carbons (Fsp3) is 0.288. The zero-order valence-electron chi connectivity index (χ0n) is 46.5. The quantitative estimate of drug-likeness (QED) is 0.0424. The number of aromatic hydroxyl groups is 1. The number of phenols is 1. The summed E-state index contributed by atoms with van der Waals surface area (Å²) in [6, 6.07) is 13.2. The van der Waals surface area contributed by atoms with Crippen LogP contribution < -0.4 is 16.0 Å². The number of hydrogen-bond acceptors (Lipinski definition) is 11. The number of phenolic OH excluding ortho intramolecular Hbond substituents is 1. The highest BCUT2D eigenvalue weighted by Crippen LogP contribution is 2.32.